The molecule has 5 nitrogen and oxygen atoms in total. The number of H-pyrrole nitrogens is 1. The zero-order chi connectivity index (χ0) is 24.7. The van der Waals surface area contributed by atoms with Crippen LogP contribution in [0.5, 0.6) is 0 Å². The van der Waals surface area contributed by atoms with Crippen molar-refractivity contribution in [2.75, 3.05) is 5.32 Å². The van der Waals surface area contributed by atoms with E-state index in [-0.39, 0.29) is 16.8 Å². The second-order valence-electron chi connectivity index (χ2n) is 10.4. The molecule has 0 saturated carbocycles. The van der Waals surface area contributed by atoms with E-state index in [1.54, 1.807) is 0 Å². The highest BCUT2D eigenvalue weighted by Crippen LogP contribution is 2.47. The van der Waals surface area contributed by atoms with E-state index in [4.69, 9.17) is 4.98 Å². The predicted octanol–water partition coefficient (Wildman–Crippen LogP) is 6.13. The van der Waals surface area contributed by atoms with Gasteiger partial charge in [0.05, 0.1) is 5.56 Å². The van der Waals surface area contributed by atoms with Crippen molar-refractivity contribution in [3.63, 3.8) is 0 Å². The third-order valence-electron chi connectivity index (χ3n) is 6.92. The van der Waals surface area contributed by atoms with Gasteiger partial charge < -0.3 is 10.3 Å². The molecule has 35 heavy (non-hydrogen) atoms. The van der Waals surface area contributed by atoms with Crippen molar-refractivity contribution in [3.05, 3.63) is 98.0 Å². The number of hydrogen-bond donors (Lipinski definition) is 2. The summed E-state index contributed by atoms with van der Waals surface area (Å²) in [5.74, 6) is 0.969. The number of nitrogens with one attached hydrogen (secondary N) is 2. The summed E-state index contributed by atoms with van der Waals surface area (Å²) >= 11 is 1.51. The van der Waals surface area contributed by atoms with Crippen LogP contribution in [0.15, 0.2) is 69.8 Å². The van der Waals surface area contributed by atoms with Crippen LogP contribution in [0.4, 0.5) is 5.82 Å². The first-order valence-electron chi connectivity index (χ1n) is 12.2. The van der Waals surface area contributed by atoms with E-state index >= 15 is 0 Å². The lowest BCUT2D eigenvalue weighted by Gasteiger charge is -2.38. The first-order valence-corrected chi connectivity index (χ1v) is 13.2. The van der Waals surface area contributed by atoms with Gasteiger partial charge in [-0.2, -0.15) is 0 Å². The number of fused-ring (bicyclic) bond motifs is 1. The highest BCUT2D eigenvalue weighted by atomic mass is 32.2. The first kappa shape index (κ1) is 23.6. The van der Waals surface area contributed by atoms with Crippen LogP contribution >= 0.6 is 11.8 Å². The van der Waals surface area contributed by atoms with Gasteiger partial charge in [0.1, 0.15) is 5.82 Å². The number of anilines is 1. The molecule has 0 spiro atoms. The third kappa shape index (κ3) is 4.72. The molecule has 0 unspecified atom stereocenters. The lowest BCUT2D eigenvalue weighted by atomic mass is 9.69. The van der Waals surface area contributed by atoms with Gasteiger partial charge in [-0.1, -0.05) is 86.6 Å². The van der Waals surface area contributed by atoms with E-state index in [1.807, 2.05) is 0 Å². The summed E-state index contributed by atoms with van der Waals surface area (Å²) < 4.78 is 0. The van der Waals surface area contributed by atoms with Crippen LogP contribution in [-0.4, -0.2) is 15.8 Å². The summed E-state index contributed by atoms with van der Waals surface area (Å²) in [5.41, 5.74) is 6.39. The highest BCUT2D eigenvalue weighted by Gasteiger charge is 2.42. The van der Waals surface area contributed by atoms with Gasteiger partial charge in [0.25, 0.3) is 5.56 Å². The lowest BCUT2D eigenvalue weighted by Crippen LogP contribution is -2.37. The van der Waals surface area contributed by atoms with Crippen molar-refractivity contribution < 1.29 is 4.79 Å². The number of nitrogens with zero attached hydrogens (tertiary/aromatic N) is 1. The Bertz CT molecular complexity index is 1370. The summed E-state index contributed by atoms with van der Waals surface area (Å²) in [6.07, 6.45) is 2.16. The second kappa shape index (κ2) is 9.15. The molecule has 2 N–H and O–H groups in total. The monoisotopic (exact) mass is 485 g/mol. The fourth-order valence-corrected chi connectivity index (χ4v) is 5.89. The van der Waals surface area contributed by atoms with Crippen molar-refractivity contribution in [1.82, 2.24) is 9.97 Å². The number of ketones is 1. The molecule has 0 radical (unpaired) electrons. The number of aryl methyl sites for hydroxylation is 2. The minimum Gasteiger partial charge on any atom is -0.343 e. The Morgan fingerprint density at radius 3 is 2.37 bits per heavy atom. The first-order chi connectivity index (χ1) is 16.7. The van der Waals surface area contributed by atoms with Crippen LogP contribution < -0.4 is 10.9 Å². The number of hydrogen-bond acceptors (Lipinski definition) is 5. The van der Waals surface area contributed by atoms with Crippen LogP contribution in [0.2, 0.25) is 0 Å². The van der Waals surface area contributed by atoms with Gasteiger partial charge in [-0.15, -0.1) is 0 Å². The lowest BCUT2D eigenvalue weighted by molar-refractivity contribution is -0.118. The molecule has 0 fully saturated rings. The zero-order valence-electron chi connectivity index (χ0n) is 20.7. The van der Waals surface area contributed by atoms with Gasteiger partial charge in [0.15, 0.2) is 10.9 Å². The van der Waals surface area contributed by atoms with Crippen molar-refractivity contribution in [2.45, 2.75) is 63.8 Å². The minimum atomic E-state index is -0.414. The number of rotatable bonds is 5. The fourth-order valence-electron chi connectivity index (χ4n) is 5.08. The average molecular weight is 486 g/mol. The van der Waals surface area contributed by atoms with E-state index in [2.05, 4.69) is 86.5 Å². The predicted molar refractivity (Wildman–Crippen MR) is 142 cm³/mol. The molecular formula is C29H31N3O2S. The summed E-state index contributed by atoms with van der Waals surface area (Å²) in [6, 6.07) is 16.6. The van der Waals surface area contributed by atoms with Gasteiger partial charge in [0.2, 0.25) is 0 Å². The normalized spacial score (nSPS) is 18.6. The topological polar surface area (TPSA) is 74.8 Å². The molecule has 1 atom stereocenters. The van der Waals surface area contributed by atoms with Gasteiger partial charge in [0, 0.05) is 29.4 Å². The summed E-state index contributed by atoms with van der Waals surface area (Å²) in [4.78, 5) is 34.7. The Kier molecular flexibility index (Phi) is 6.18. The van der Waals surface area contributed by atoms with E-state index in [0.29, 0.717) is 34.3 Å². The molecule has 0 bridgehead atoms. The summed E-state index contributed by atoms with van der Waals surface area (Å²) in [6.45, 7) is 8.42. The molecule has 0 saturated heterocycles. The van der Waals surface area contributed by atoms with Gasteiger partial charge in [-0.05, 0) is 41.9 Å². The van der Waals surface area contributed by atoms with E-state index < -0.39 is 5.92 Å². The molecular weight excluding hydrogens is 454 g/mol. The maximum atomic E-state index is 13.5. The number of thioether (sulfide) groups is 1. The smallest absolute Gasteiger partial charge is 0.257 e. The standard InChI is InChI=1S/C29H31N3O2S/c1-5-18-10-12-20(13-11-18)23-24-21(14-29(3,4)15-22(24)33)30-26-25(23)27(34)32-28(31-26)35-16-19-8-6-17(2)7-9-19/h6-13,23H,5,14-16H2,1-4H3,(H2,30,31,32,34)/t23-/m0/s1. The molecule has 1 aliphatic carbocycles. The fraction of sp³-hybridized carbons (Fsp3) is 0.345. The molecule has 2 aromatic carbocycles. The van der Waals surface area contributed by atoms with E-state index in [0.717, 1.165) is 24.1 Å². The van der Waals surface area contributed by atoms with Gasteiger partial charge in [-0.3, -0.25) is 9.59 Å². The van der Waals surface area contributed by atoms with Crippen molar-refractivity contribution in [2.24, 2.45) is 5.41 Å². The van der Waals surface area contributed by atoms with Gasteiger partial charge >= 0.3 is 0 Å². The van der Waals surface area contributed by atoms with E-state index in [1.165, 1.54) is 28.5 Å². The Labute approximate surface area is 210 Å². The Balaban J connectivity index is 1.56. The van der Waals surface area contributed by atoms with Crippen LogP contribution in [0.25, 0.3) is 0 Å². The third-order valence-corrected chi connectivity index (χ3v) is 7.86. The minimum absolute atomic E-state index is 0.108. The number of allylic oxidation sites excluding steroid dienone is 2. The van der Waals surface area contributed by atoms with Gasteiger partial charge in [-0.25, -0.2) is 4.98 Å². The maximum absolute atomic E-state index is 13.5. The van der Waals surface area contributed by atoms with Crippen LogP contribution in [0, 0.1) is 12.3 Å². The van der Waals surface area contributed by atoms with Crippen molar-refractivity contribution in [1.29, 1.82) is 0 Å². The van der Waals surface area contributed by atoms with Crippen LogP contribution in [0.3, 0.4) is 0 Å². The molecule has 5 rings (SSSR count). The number of aromatic nitrogens is 2. The molecule has 3 aromatic rings. The van der Waals surface area contributed by atoms with Crippen molar-refractivity contribution >= 4 is 23.4 Å². The van der Waals surface area contributed by atoms with Crippen molar-refractivity contribution in [3.8, 4) is 0 Å². The number of Topliss-reactive ketones (excluding diaryl/α,β-unsaturated/α-hetero) is 1. The maximum Gasteiger partial charge on any atom is 0.257 e. The Morgan fingerprint density at radius 2 is 1.69 bits per heavy atom. The number of aromatic amines is 1. The SMILES string of the molecule is CCc1ccc([C@H]2C3=C(CC(C)(C)CC3=O)Nc3nc(SCc4ccc(C)cc4)[nH]c(=O)c32)cc1. The quantitative estimate of drug-likeness (QED) is 0.336. The number of benzene rings is 2. The van der Waals surface area contributed by atoms with Crippen LogP contribution in [-0.2, 0) is 17.0 Å². The molecule has 6 heteroatoms. The Hall–Kier alpha value is -3.12. The molecule has 180 valence electrons. The molecule has 0 amide bonds. The largest absolute Gasteiger partial charge is 0.343 e. The second-order valence-corrected chi connectivity index (χ2v) is 11.4. The summed E-state index contributed by atoms with van der Waals surface area (Å²) in [7, 11) is 0. The zero-order valence-corrected chi connectivity index (χ0v) is 21.5. The Morgan fingerprint density at radius 1 is 1.00 bits per heavy atom. The molecule has 1 aliphatic heterocycles. The molecule has 1 aromatic heterocycles. The summed E-state index contributed by atoms with van der Waals surface area (Å²) in [5, 5.41) is 3.98. The highest BCUT2D eigenvalue weighted by molar-refractivity contribution is 7.98. The van der Waals surface area contributed by atoms with Crippen LogP contribution in [0.1, 0.15) is 67.3 Å². The average Bonchev–Trinajstić information content (AvgIpc) is 2.81. The number of carbonyl (C=O) groups is 1. The molecule has 2 heterocycles. The van der Waals surface area contributed by atoms with E-state index in [9.17, 15) is 9.59 Å². The molecule has 2 aliphatic rings. The number of carbonyl (C=O) groups excluding carboxylic acids is 1.